The summed E-state index contributed by atoms with van der Waals surface area (Å²) in [6.07, 6.45) is -14.4. The summed E-state index contributed by atoms with van der Waals surface area (Å²) in [6, 6.07) is 0. The number of aliphatic hydroxyl groups is 1. The number of carbonyl (C=O) groups excluding carboxylic acids is 1. The van der Waals surface area contributed by atoms with Crippen molar-refractivity contribution in [1.29, 1.82) is 0 Å². The van der Waals surface area contributed by atoms with Crippen LogP contribution in [-0.4, -0.2) is 66.6 Å². The van der Waals surface area contributed by atoms with Crippen molar-refractivity contribution >= 4 is 16.1 Å². The third kappa shape index (κ3) is 5.77. The van der Waals surface area contributed by atoms with Crippen LogP contribution in [0, 0.1) is 17.8 Å². The summed E-state index contributed by atoms with van der Waals surface area (Å²) in [6.45, 7) is 0.424. The second-order valence-corrected chi connectivity index (χ2v) is 9.76. The lowest BCUT2D eigenvalue weighted by Crippen LogP contribution is -2.58. The highest BCUT2D eigenvalue weighted by Gasteiger charge is 2.71. The predicted octanol–water partition coefficient (Wildman–Crippen LogP) is 3.24. The van der Waals surface area contributed by atoms with Gasteiger partial charge in [-0.1, -0.05) is 6.58 Å². The van der Waals surface area contributed by atoms with Gasteiger partial charge in [-0.05, 0) is 43.4 Å². The highest BCUT2D eigenvalue weighted by Crippen LogP contribution is 2.56. The molecule has 0 heterocycles. The Labute approximate surface area is 182 Å². The van der Waals surface area contributed by atoms with E-state index in [9.17, 15) is 53.4 Å². The van der Waals surface area contributed by atoms with Crippen LogP contribution in [0.25, 0.3) is 0 Å². The Hall–Kier alpha value is -1.52. The molecule has 2 fully saturated rings. The maximum absolute atomic E-state index is 13.1. The molecule has 0 spiro atoms. The molecule has 33 heavy (non-hydrogen) atoms. The van der Waals surface area contributed by atoms with Gasteiger partial charge in [-0.2, -0.15) is 43.5 Å². The molecule has 7 nitrogen and oxygen atoms in total. The number of fused-ring (bicyclic) bond motifs is 2. The van der Waals surface area contributed by atoms with Crippen molar-refractivity contribution < 1.29 is 67.5 Å². The molecule has 2 bridgehead atoms. The second-order valence-electron chi connectivity index (χ2n) is 8.21. The zero-order chi connectivity index (χ0) is 25.6. The summed E-state index contributed by atoms with van der Waals surface area (Å²) < 4.78 is 143. The van der Waals surface area contributed by atoms with Crippen LogP contribution >= 0.6 is 0 Å². The Bertz CT molecular complexity index is 854. The first-order valence-electron chi connectivity index (χ1n) is 9.37. The van der Waals surface area contributed by atoms with Gasteiger partial charge >= 0.3 is 33.7 Å². The molecule has 2 rings (SSSR count). The summed E-state index contributed by atoms with van der Waals surface area (Å²) >= 11 is 0. The Balaban J connectivity index is 1.98. The van der Waals surface area contributed by atoms with Crippen LogP contribution in [0.2, 0.25) is 0 Å². The number of hydrogen-bond donors (Lipinski definition) is 2. The van der Waals surface area contributed by atoms with Gasteiger partial charge in [0.15, 0.2) is 0 Å². The Kier molecular flexibility index (Phi) is 7.50. The van der Waals surface area contributed by atoms with E-state index in [1.165, 1.54) is 0 Å². The zero-order valence-electron chi connectivity index (χ0n) is 16.6. The third-order valence-corrected chi connectivity index (χ3v) is 6.73. The Morgan fingerprint density at radius 1 is 1.00 bits per heavy atom. The molecule has 2 N–H and O–H groups in total. The lowest BCUT2D eigenvalue weighted by molar-refractivity contribution is -0.373. The molecule has 192 valence electrons. The summed E-state index contributed by atoms with van der Waals surface area (Å²) in [5, 5.41) is 4.78. The topological polar surface area (TPSA) is 110 Å². The number of hydrogen-bond acceptors (Lipinski definition) is 6. The predicted molar refractivity (Wildman–Crippen MR) is 92.3 cm³/mol. The first kappa shape index (κ1) is 27.7. The zero-order valence-corrected chi connectivity index (χ0v) is 17.4. The third-order valence-electron chi connectivity index (χ3n) is 5.86. The van der Waals surface area contributed by atoms with Crippen LogP contribution in [0.15, 0.2) is 12.2 Å². The van der Waals surface area contributed by atoms with Gasteiger partial charge in [0.1, 0.15) is 12.7 Å². The first-order valence-corrected chi connectivity index (χ1v) is 10.8. The summed E-state index contributed by atoms with van der Waals surface area (Å²) in [5.74, 6) is -3.75. The molecule has 0 saturated heterocycles. The van der Waals surface area contributed by atoms with Gasteiger partial charge in [-0.3, -0.25) is 4.55 Å². The van der Waals surface area contributed by atoms with Gasteiger partial charge < -0.3 is 14.6 Å². The molecular formula is C17H20F8O7S. The van der Waals surface area contributed by atoms with Crippen molar-refractivity contribution in [1.82, 2.24) is 0 Å². The maximum Gasteiger partial charge on any atom is 0.426 e. The minimum absolute atomic E-state index is 0.0397. The van der Waals surface area contributed by atoms with Crippen LogP contribution in [0.5, 0.6) is 0 Å². The van der Waals surface area contributed by atoms with Crippen LogP contribution in [0.4, 0.5) is 35.1 Å². The van der Waals surface area contributed by atoms with Crippen molar-refractivity contribution in [3.63, 3.8) is 0 Å². The monoisotopic (exact) mass is 520 g/mol. The fraction of sp³-hybridized carbons (Fsp3) is 0.824. The molecule has 0 aromatic rings. The number of alkyl halides is 8. The summed E-state index contributed by atoms with van der Waals surface area (Å²) in [4.78, 5) is 12.1. The van der Waals surface area contributed by atoms with Gasteiger partial charge in [0.05, 0.1) is 12.2 Å². The smallest absolute Gasteiger partial charge is 0.426 e. The molecule has 2 aliphatic carbocycles. The molecule has 0 radical (unpaired) electrons. The minimum Gasteiger partial charge on any atom is -0.459 e. The highest BCUT2D eigenvalue weighted by atomic mass is 32.2. The maximum atomic E-state index is 13.1. The minimum atomic E-state index is -5.98. The number of esters is 1. The van der Waals surface area contributed by atoms with E-state index < -0.39 is 82.4 Å². The van der Waals surface area contributed by atoms with Crippen LogP contribution < -0.4 is 0 Å². The highest BCUT2D eigenvalue weighted by molar-refractivity contribution is 7.86. The average Bonchev–Trinajstić information content (AvgIpc) is 3.18. The largest absolute Gasteiger partial charge is 0.459 e. The Morgan fingerprint density at radius 2 is 1.55 bits per heavy atom. The van der Waals surface area contributed by atoms with E-state index in [-0.39, 0.29) is 25.2 Å². The quantitative estimate of drug-likeness (QED) is 0.208. The molecule has 0 aromatic carbocycles. The van der Waals surface area contributed by atoms with Gasteiger partial charge in [-0.25, -0.2) is 4.79 Å². The van der Waals surface area contributed by atoms with Gasteiger partial charge in [-0.15, -0.1) is 0 Å². The van der Waals surface area contributed by atoms with Gasteiger partial charge in [0.25, 0.3) is 5.60 Å². The van der Waals surface area contributed by atoms with E-state index in [0.717, 1.165) is 0 Å². The molecule has 4 atom stereocenters. The molecule has 16 heteroatoms. The second kappa shape index (κ2) is 8.92. The van der Waals surface area contributed by atoms with E-state index in [1.54, 1.807) is 0 Å². The lowest BCUT2D eigenvalue weighted by atomic mass is 9.78. The molecule has 2 aliphatic rings. The summed E-state index contributed by atoms with van der Waals surface area (Å²) in [7, 11) is -5.77. The van der Waals surface area contributed by atoms with Crippen molar-refractivity contribution in [3.8, 4) is 0 Å². The molecule has 2 saturated carbocycles. The molecule has 0 aromatic heterocycles. The number of rotatable bonds is 9. The van der Waals surface area contributed by atoms with Gasteiger partial charge in [0.2, 0.25) is 0 Å². The van der Waals surface area contributed by atoms with Crippen molar-refractivity contribution in [2.24, 2.45) is 17.8 Å². The molecule has 0 amide bonds. The average molecular weight is 520 g/mol. The Morgan fingerprint density at radius 3 is 2.00 bits per heavy atom. The van der Waals surface area contributed by atoms with E-state index in [1.807, 2.05) is 0 Å². The van der Waals surface area contributed by atoms with E-state index >= 15 is 0 Å². The normalized spacial score (nSPS) is 26.5. The fourth-order valence-electron chi connectivity index (χ4n) is 4.22. The standard InChI is InChI=1S/C17H20F8O7S/c1-8(6-31-7-15(18,19)33(28,29)30)13(26)32-12-4-9-2-10(11(12)3-9)5-14(27,16(20,21)22)17(23,24)25/h9-12,27H,1-7H2,(H,28,29,30). The van der Waals surface area contributed by atoms with Crippen molar-refractivity contribution in [3.05, 3.63) is 12.2 Å². The number of carbonyl (C=O) groups is 1. The van der Waals surface area contributed by atoms with E-state index in [2.05, 4.69) is 11.3 Å². The van der Waals surface area contributed by atoms with Crippen LogP contribution in [0.1, 0.15) is 25.7 Å². The lowest BCUT2D eigenvalue weighted by Gasteiger charge is -2.38. The van der Waals surface area contributed by atoms with Crippen molar-refractivity contribution in [2.75, 3.05) is 13.2 Å². The SMILES string of the molecule is C=C(COCC(F)(F)S(=O)(=O)O)C(=O)OC1CC2CC(CC(O)(C(F)(F)F)C(F)(F)F)C1C2. The van der Waals surface area contributed by atoms with E-state index in [4.69, 9.17) is 9.29 Å². The van der Waals surface area contributed by atoms with Crippen LogP contribution in [0.3, 0.4) is 0 Å². The fourth-order valence-corrected chi connectivity index (χ4v) is 4.45. The molecule has 0 aliphatic heterocycles. The molecule has 4 unspecified atom stereocenters. The first-order chi connectivity index (χ1) is 14.7. The van der Waals surface area contributed by atoms with E-state index in [0.29, 0.717) is 0 Å². The number of halogens is 8. The summed E-state index contributed by atoms with van der Waals surface area (Å²) in [5.41, 5.74) is -5.51. The molecular weight excluding hydrogens is 500 g/mol. The van der Waals surface area contributed by atoms with Crippen LogP contribution in [-0.2, 0) is 24.4 Å². The van der Waals surface area contributed by atoms with Gasteiger partial charge in [0, 0.05) is 0 Å². The van der Waals surface area contributed by atoms with Crippen molar-refractivity contribution in [2.45, 2.75) is 55.0 Å². The number of ether oxygens (including phenoxy) is 2.